The van der Waals surface area contributed by atoms with Gasteiger partial charge in [0.25, 0.3) is 0 Å². The third kappa shape index (κ3) is 1.57. The van der Waals surface area contributed by atoms with Crippen molar-refractivity contribution in [2.45, 2.75) is 18.7 Å². The van der Waals surface area contributed by atoms with Crippen molar-refractivity contribution in [2.75, 3.05) is 0 Å². The number of hydrogen-bond donors (Lipinski definition) is 1. The standard InChI is InChI=1S/C9H11OS/c1-6-4-5-7(2)9(11-10)8(6)3/h4-5,10H,2H2,1,3H3. The maximum absolute atomic E-state index is 8.90. The number of benzene rings is 1. The molecule has 0 unspecified atom stereocenters. The maximum Gasteiger partial charge on any atom is 0.0414 e. The first-order chi connectivity index (χ1) is 5.16. The van der Waals surface area contributed by atoms with E-state index in [0.29, 0.717) is 0 Å². The summed E-state index contributed by atoms with van der Waals surface area (Å²) in [6, 6.07) is 3.93. The molecule has 2 heteroatoms. The van der Waals surface area contributed by atoms with Crippen LogP contribution in [0, 0.1) is 20.8 Å². The zero-order valence-electron chi connectivity index (χ0n) is 6.72. The van der Waals surface area contributed by atoms with Gasteiger partial charge in [0.15, 0.2) is 0 Å². The van der Waals surface area contributed by atoms with Gasteiger partial charge in [-0.3, -0.25) is 0 Å². The third-order valence-electron chi connectivity index (χ3n) is 1.85. The molecule has 1 radical (unpaired) electrons. The molecule has 0 amide bonds. The van der Waals surface area contributed by atoms with E-state index in [1.54, 1.807) is 0 Å². The Hall–Kier alpha value is -0.470. The van der Waals surface area contributed by atoms with Gasteiger partial charge < -0.3 is 4.55 Å². The lowest BCUT2D eigenvalue weighted by molar-refractivity contribution is 0.662. The second kappa shape index (κ2) is 3.28. The first-order valence-electron chi connectivity index (χ1n) is 3.40. The van der Waals surface area contributed by atoms with Crippen LogP contribution in [0.15, 0.2) is 17.0 Å². The van der Waals surface area contributed by atoms with E-state index in [-0.39, 0.29) is 0 Å². The highest BCUT2D eigenvalue weighted by Gasteiger charge is 2.03. The van der Waals surface area contributed by atoms with Crippen molar-refractivity contribution >= 4 is 12.0 Å². The minimum atomic E-state index is 0.774. The largest absolute Gasteiger partial charge is 0.325 e. The van der Waals surface area contributed by atoms with Gasteiger partial charge in [-0.1, -0.05) is 12.1 Å². The highest BCUT2D eigenvalue weighted by atomic mass is 32.2. The molecule has 0 atom stereocenters. The Morgan fingerprint density at radius 1 is 1.36 bits per heavy atom. The normalized spacial score (nSPS) is 10.2. The number of aryl methyl sites for hydroxylation is 1. The van der Waals surface area contributed by atoms with Gasteiger partial charge in [-0.15, -0.1) is 0 Å². The van der Waals surface area contributed by atoms with Gasteiger partial charge >= 0.3 is 0 Å². The van der Waals surface area contributed by atoms with Crippen LogP contribution in [0.1, 0.15) is 16.7 Å². The van der Waals surface area contributed by atoms with Gasteiger partial charge in [-0.25, -0.2) is 0 Å². The molecule has 0 saturated carbocycles. The summed E-state index contributed by atoms with van der Waals surface area (Å²) in [5.41, 5.74) is 3.19. The molecule has 0 aliphatic rings. The summed E-state index contributed by atoms with van der Waals surface area (Å²) in [4.78, 5) is 0.880. The van der Waals surface area contributed by atoms with Gasteiger partial charge in [0.2, 0.25) is 0 Å². The van der Waals surface area contributed by atoms with Crippen LogP contribution in [-0.4, -0.2) is 4.55 Å². The fourth-order valence-electron chi connectivity index (χ4n) is 0.973. The topological polar surface area (TPSA) is 20.2 Å². The minimum Gasteiger partial charge on any atom is -0.325 e. The first kappa shape index (κ1) is 8.62. The molecule has 0 saturated heterocycles. The van der Waals surface area contributed by atoms with Crippen molar-refractivity contribution in [3.63, 3.8) is 0 Å². The van der Waals surface area contributed by atoms with E-state index in [4.69, 9.17) is 4.55 Å². The van der Waals surface area contributed by atoms with E-state index in [1.165, 1.54) is 5.56 Å². The summed E-state index contributed by atoms with van der Waals surface area (Å²) in [5.74, 6) is 0. The molecule has 0 aliphatic heterocycles. The van der Waals surface area contributed by atoms with Gasteiger partial charge in [0.05, 0.1) is 0 Å². The lowest BCUT2D eigenvalue weighted by Gasteiger charge is -2.07. The van der Waals surface area contributed by atoms with Crippen molar-refractivity contribution in [3.8, 4) is 0 Å². The minimum absolute atomic E-state index is 0.774. The zero-order valence-corrected chi connectivity index (χ0v) is 7.53. The summed E-state index contributed by atoms with van der Waals surface area (Å²) in [7, 11) is 0. The first-order valence-corrected chi connectivity index (χ1v) is 4.17. The Labute approximate surface area is 71.7 Å². The predicted molar refractivity (Wildman–Crippen MR) is 48.9 cm³/mol. The van der Waals surface area contributed by atoms with Crippen LogP contribution in [0.5, 0.6) is 0 Å². The lowest BCUT2D eigenvalue weighted by Crippen LogP contribution is -1.87. The van der Waals surface area contributed by atoms with Crippen LogP contribution in [0.3, 0.4) is 0 Å². The summed E-state index contributed by atoms with van der Waals surface area (Å²) in [6.07, 6.45) is 0. The molecule has 1 nitrogen and oxygen atoms in total. The van der Waals surface area contributed by atoms with Crippen LogP contribution in [0.25, 0.3) is 0 Å². The van der Waals surface area contributed by atoms with E-state index >= 15 is 0 Å². The number of hydrogen-bond acceptors (Lipinski definition) is 2. The van der Waals surface area contributed by atoms with E-state index in [2.05, 4.69) is 6.92 Å². The van der Waals surface area contributed by atoms with Crippen molar-refractivity contribution in [1.82, 2.24) is 0 Å². The quantitative estimate of drug-likeness (QED) is 0.649. The van der Waals surface area contributed by atoms with Gasteiger partial charge in [-0.2, -0.15) is 0 Å². The van der Waals surface area contributed by atoms with Crippen molar-refractivity contribution in [2.24, 2.45) is 0 Å². The fraction of sp³-hybridized carbons (Fsp3) is 0.222. The lowest BCUT2D eigenvalue weighted by atomic mass is 10.1. The van der Waals surface area contributed by atoms with Crippen LogP contribution in [-0.2, 0) is 0 Å². The van der Waals surface area contributed by atoms with Crippen molar-refractivity contribution in [1.29, 1.82) is 0 Å². The van der Waals surface area contributed by atoms with Crippen LogP contribution >= 0.6 is 12.0 Å². The van der Waals surface area contributed by atoms with Crippen molar-refractivity contribution < 1.29 is 4.55 Å². The van der Waals surface area contributed by atoms with E-state index < -0.39 is 0 Å². The number of rotatable bonds is 1. The molecule has 0 spiro atoms. The van der Waals surface area contributed by atoms with Gasteiger partial charge in [-0.05, 0) is 37.5 Å². The van der Waals surface area contributed by atoms with E-state index in [9.17, 15) is 0 Å². The molecule has 11 heavy (non-hydrogen) atoms. The monoisotopic (exact) mass is 167 g/mol. The van der Waals surface area contributed by atoms with Crippen molar-refractivity contribution in [3.05, 3.63) is 35.7 Å². The van der Waals surface area contributed by atoms with Gasteiger partial charge in [0.1, 0.15) is 0 Å². The Bertz CT molecular complexity index is 269. The molecule has 0 aromatic heterocycles. The van der Waals surface area contributed by atoms with Crippen LogP contribution < -0.4 is 0 Å². The Balaban J connectivity index is 3.29. The smallest absolute Gasteiger partial charge is 0.0414 e. The average molecular weight is 167 g/mol. The Kier molecular flexibility index (Phi) is 2.58. The highest BCUT2D eigenvalue weighted by Crippen LogP contribution is 2.25. The SMILES string of the molecule is [CH2]c1ccc(C)c(C)c1SO. The zero-order chi connectivity index (χ0) is 8.43. The molecule has 0 heterocycles. The predicted octanol–water partition coefficient (Wildman–Crippen LogP) is 3.05. The summed E-state index contributed by atoms with van der Waals surface area (Å²) in [6.45, 7) is 7.82. The summed E-state index contributed by atoms with van der Waals surface area (Å²) in [5, 5.41) is 0. The second-order valence-corrected chi connectivity index (χ2v) is 3.18. The average Bonchev–Trinajstić information content (AvgIpc) is 1.99. The Morgan fingerprint density at radius 2 is 2.00 bits per heavy atom. The molecule has 59 valence electrons. The molecule has 1 rings (SSSR count). The second-order valence-electron chi connectivity index (χ2n) is 2.59. The highest BCUT2D eigenvalue weighted by molar-refractivity contribution is 7.93. The van der Waals surface area contributed by atoms with Crippen LogP contribution in [0.2, 0.25) is 0 Å². The fourth-order valence-corrected chi connectivity index (χ4v) is 1.46. The molecular weight excluding hydrogens is 156 g/mol. The van der Waals surface area contributed by atoms with Crippen LogP contribution in [0.4, 0.5) is 0 Å². The molecule has 0 aliphatic carbocycles. The molecule has 0 bridgehead atoms. The molecular formula is C9H11OS. The third-order valence-corrected chi connectivity index (χ3v) is 2.60. The summed E-state index contributed by atoms with van der Waals surface area (Å²) < 4.78 is 8.90. The Morgan fingerprint density at radius 3 is 2.45 bits per heavy atom. The summed E-state index contributed by atoms with van der Waals surface area (Å²) >= 11 is 0.774. The molecule has 1 aromatic rings. The maximum atomic E-state index is 8.90. The molecule has 0 fully saturated rings. The van der Waals surface area contributed by atoms with E-state index in [0.717, 1.165) is 28.1 Å². The van der Waals surface area contributed by atoms with E-state index in [1.807, 2.05) is 26.0 Å². The molecule has 1 N–H and O–H groups in total. The van der Waals surface area contributed by atoms with Gasteiger partial charge in [0, 0.05) is 16.9 Å². The molecule has 1 aromatic carbocycles.